The number of methoxy groups -OCH3 is 1. The zero-order valence-electron chi connectivity index (χ0n) is 15.3. The van der Waals surface area contributed by atoms with Crippen LogP contribution in [-0.2, 0) is 14.8 Å². The summed E-state index contributed by atoms with van der Waals surface area (Å²) >= 11 is 0. The highest BCUT2D eigenvalue weighted by atomic mass is 32.2. The van der Waals surface area contributed by atoms with E-state index in [2.05, 4.69) is 6.92 Å². The largest absolute Gasteiger partial charge is 0.497 e. The smallest absolute Gasteiger partial charge is 0.243 e. The topological polar surface area (TPSA) is 66.9 Å². The van der Waals surface area contributed by atoms with Crippen LogP contribution >= 0.6 is 0 Å². The van der Waals surface area contributed by atoms with Gasteiger partial charge in [0.2, 0.25) is 15.9 Å². The van der Waals surface area contributed by atoms with E-state index in [1.165, 1.54) is 4.31 Å². The third kappa shape index (κ3) is 4.73. The first-order valence-corrected chi connectivity index (χ1v) is 10.3. The Morgan fingerprint density at radius 3 is 2.60 bits per heavy atom. The number of sulfonamides is 1. The second-order valence-corrected chi connectivity index (χ2v) is 8.28. The number of ether oxygens (including phenoxy) is 1. The summed E-state index contributed by atoms with van der Waals surface area (Å²) in [4.78, 5) is 14.3. The van der Waals surface area contributed by atoms with Crippen molar-refractivity contribution in [3.8, 4) is 5.75 Å². The number of carbonyl (C=O) groups excluding carboxylic acids is 1. The Bertz CT molecular complexity index is 703. The van der Waals surface area contributed by atoms with Crippen LogP contribution < -0.4 is 4.74 Å². The molecule has 25 heavy (non-hydrogen) atoms. The van der Waals surface area contributed by atoms with Crippen molar-refractivity contribution in [1.29, 1.82) is 0 Å². The fourth-order valence-electron chi connectivity index (χ4n) is 3.05. The van der Waals surface area contributed by atoms with Crippen molar-refractivity contribution < 1.29 is 17.9 Å². The molecule has 140 valence electrons. The van der Waals surface area contributed by atoms with Crippen molar-refractivity contribution >= 4 is 15.9 Å². The number of nitrogens with zero attached hydrogens (tertiary/aromatic N) is 2. The lowest BCUT2D eigenvalue weighted by Crippen LogP contribution is -2.37. The molecule has 1 saturated heterocycles. The van der Waals surface area contributed by atoms with Gasteiger partial charge in [0.1, 0.15) is 5.75 Å². The number of benzene rings is 1. The van der Waals surface area contributed by atoms with E-state index >= 15 is 0 Å². The molecular formula is C18H28N2O4S. The van der Waals surface area contributed by atoms with Crippen LogP contribution in [0.15, 0.2) is 23.1 Å². The summed E-state index contributed by atoms with van der Waals surface area (Å²) in [6, 6.07) is 4.99. The average molecular weight is 368 g/mol. The van der Waals surface area contributed by atoms with E-state index in [0.717, 1.165) is 12.8 Å². The number of hydrogen-bond acceptors (Lipinski definition) is 4. The molecule has 0 aliphatic carbocycles. The van der Waals surface area contributed by atoms with Gasteiger partial charge >= 0.3 is 0 Å². The molecule has 1 aliphatic heterocycles. The predicted molar refractivity (Wildman–Crippen MR) is 97.2 cm³/mol. The van der Waals surface area contributed by atoms with Crippen LogP contribution in [0.2, 0.25) is 0 Å². The minimum Gasteiger partial charge on any atom is -0.497 e. The molecule has 1 heterocycles. The van der Waals surface area contributed by atoms with Crippen molar-refractivity contribution in [2.45, 2.75) is 44.4 Å². The summed E-state index contributed by atoms with van der Waals surface area (Å²) in [6.07, 6.45) is 3.06. The zero-order valence-corrected chi connectivity index (χ0v) is 16.1. The van der Waals surface area contributed by atoms with Gasteiger partial charge in [-0.1, -0.05) is 13.3 Å². The fraction of sp³-hybridized carbons (Fsp3) is 0.611. The van der Waals surface area contributed by atoms with Crippen LogP contribution in [0, 0.1) is 6.92 Å². The lowest BCUT2D eigenvalue weighted by molar-refractivity contribution is -0.131. The highest BCUT2D eigenvalue weighted by molar-refractivity contribution is 7.89. The molecule has 0 aromatic heterocycles. The Labute approximate surface area is 150 Å². The molecule has 7 heteroatoms. The van der Waals surface area contributed by atoms with Crippen LogP contribution in [0.5, 0.6) is 5.75 Å². The maximum absolute atomic E-state index is 13.0. The minimum absolute atomic E-state index is 0.127. The number of amides is 1. The Hall–Kier alpha value is -1.60. The van der Waals surface area contributed by atoms with E-state index in [-0.39, 0.29) is 5.91 Å². The van der Waals surface area contributed by atoms with Gasteiger partial charge in [-0.25, -0.2) is 8.42 Å². The van der Waals surface area contributed by atoms with Crippen molar-refractivity contribution in [2.24, 2.45) is 0 Å². The van der Waals surface area contributed by atoms with Crippen LogP contribution in [0.3, 0.4) is 0 Å². The molecule has 1 amide bonds. The van der Waals surface area contributed by atoms with Gasteiger partial charge in [-0.2, -0.15) is 4.31 Å². The molecule has 1 aliphatic rings. The van der Waals surface area contributed by atoms with Gasteiger partial charge in [-0.15, -0.1) is 0 Å². The fourth-order valence-corrected chi connectivity index (χ4v) is 4.72. The maximum Gasteiger partial charge on any atom is 0.243 e. The monoisotopic (exact) mass is 368 g/mol. The molecule has 0 spiro atoms. The molecule has 0 bridgehead atoms. The van der Waals surface area contributed by atoms with Crippen LogP contribution in [0.25, 0.3) is 0 Å². The first kappa shape index (κ1) is 19.7. The molecule has 1 fully saturated rings. The van der Waals surface area contributed by atoms with Crippen LogP contribution in [0.4, 0.5) is 0 Å². The summed E-state index contributed by atoms with van der Waals surface area (Å²) in [6.45, 7) is 5.68. The van der Waals surface area contributed by atoms with Crippen molar-refractivity contribution in [2.75, 3.05) is 33.3 Å². The molecule has 1 aromatic rings. The van der Waals surface area contributed by atoms with Gasteiger partial charge < -0.3 is 9.64 Å². The Morgan fingerprint density at radius 2 is 1.96 bits per heavy atom. The number of carbonyl (C=O) groups is 1. The molecule has 0 atom stereocenters. The standard InChI is InChI=1S/C18H28N2O4S/c1-4-5-7-18(21)19-10-6-11-20(13-12-19)25(22,23)17-9-8-16(24-3)14-15(17)2/h8-9,14H,4-7,10-13H2,1-3H3. The summed E-state index contributed by atoms with van der Waals surface area (Å²) < 4.78 is 32.6. The van der Waals surface area contributed by atoms with E-state index in [1.54, 1.807) is 37.1 Å². The van der Waals surface area contributed by atoms with E-state index < -0.39 is 10.0 Å². The highest BCUT2D eigenvalue weighted by Crippen LogP contribution is 2.25. The molecular weight excluding hydrogens is 340 g/mol. The second kappa shape index (κ2) is 8.67. The number of aryl methyl sites for hydroxylation is 1. The van der Waals surface area contributed by atoms with Gasteiger partial charge in [0.25, 0.3) is 0 Å². The van der Waals surface area contributed by atoms with Crippen molar-refractivity contribution in [3.63, 3.8) is 0 Å². The van der Waals surface area contributed by atoms with Gasteiger partial charge in [0, 0.05) is 32.6 Å². The van der Waals surface area contributed by atoms with E-state index in [9.17, 15) is 13.2 Å². The SMILES string of the molecule is CCCCC(=O)N1CCCN(S(=O)(=O)c2ccc(OC)cc2C)CC1. The summed E-state index contributed by atoms with van der Waals surface area (Å²) in [5, 5.41) is 0. The molecule has 0 radical (unpaired) electrons. The zero-order chi connectivity index (χ0) is 18.4. The summed E-state index contributed by atoms with van der Waals surface area (Å²) in [5.74, 6) is 0.765. The molecule has 6 nitrogen and oxygen atoms in total. The molecule has 1 aromatic carbocycles. The Balaban J connectivity index is 2.12. The molecule has 2 rings (SSSR count). The second-order valence-electron chi connectivity index (χ2n) is 6.37. The Morgan fingerprint density at radius 1 is 1.20 bits per heavy atom. The van der Waals surface area contributed by atoms with E-state index in [1.807, 2.05) is 0 Å². The third-order valence-electron chi connectivity index (χ3n) is 4.55. The van der Waals surface area contributed by atoms with Crippen molar-refractivity contribution in [3.05, 3.63) is 23.8 Å². The third-order valence-corrected chi connectivity index (χ3v) is 6.61. The van der Waals surface area contributed by atoms with E-state index in [0.29, 0.717) is 55.2 Å². The summed E-state index contributed by atoms with van der Waals surface area (Å²) in [5.41, 5.74) is 0.666. The highest BCUT2D eigenvalue weighted by Gasteiger charge is 2.29. The molecule has 0 saturated carbocycles. The summed E-state index contributed by atoms with van der Waals surface area (Å²) in [7, 11) is -2.01. The van der Waals surface area contributed by atoms with Gasteiger partial charge in [-0.3, -0.25) is 4.79 Å². The lowest BCUT2D eigenvalue weighted by Gasteiger charge is -2.22. The number of unbranched alkanes of at least 4 members (excludes halogenated alkanes) is 1. The minimum atomic E-state index is -3.57. The predicted octanol–water partition coefficient (Wildman–Crippen LogP) is 2.42. The lowest BCUT2D eigenvalue weighted by atomic mass is 10.2. The van der Waals surface area contributed by atoms with Gasteiger partial charge in [-0.05, 0) is 43.5 Å². The van der Waals surface area contributed by atoms with Crippen LogP contribution in [-0.4, -0.2) is 56.8 Å². The van der Waals surface area contributed by atoms with E-state index in [4.69, 9.17) is 4.74 Å². The Kier molecular flexibility index (Phi) is 6.84. The van der Waals surface area contributed by atoms with Gasteiger partial charge in [0.15, 0.2) is 0 Å². The molecule has 0 unspecified atom stereocenters. The normalized spacial score (nSPS) is 16.5. The first-order valence-electron chi connectivity index (χ1n) is 8.82. The number of rotatable bonds is 6. The first-order chi connectivity index (χ1) is 11.9. The quantitative estimate of drug-likeness (QED) is 0.773. The van der Waals surface area contributed by atoms with Crippen LogP contribution in [0.1, 0.15) is 38.2 Å². The average Bonchev–Trinajstić information content (AvgIpc) is 2.86. The van der Waals surface area contributed by atoms with Crippen molar-refractivity contribution in [1.82, 2.24) is 9.21 Å². The maximum atomic E-state index is 13.0. The molecule has 0 N–H and O–H groups in total. The number of hydrogen-bond donors (Lipinski definition) is 0. The van der Waals surface area contributed by atoms with Gasteiger partial charge in [0.05, 0.1) is 12.0 Å².